The second-order valence-corrected chi connectivity index (χ2v) is 5.97. The van der Waals surface area contributed by atoms with Gasteiger partial charge in [0, 0.05) is 23.6 Å². The molecule has 0 spiro atoms. The van der Waals surface area contributed by atoms with E-state index < -0.39 is 5.97 Å². The Hall–Kier alpha value is -2.95. The predicted molar refractivity (Wildman–Crippen MR) is 93.6 cm³/mol. The minimum Gasteiger partial charge on any atom is -0.462 e. The van der Waals surface area contributed by atoms with E-state index in [4.69, 9.17) is 4.74 Å². The van der Waals surface area contributed by atoms with Crippen LogP contribution >= 0.6 is 0 Å². The lowest BCUT2D eigenvalue weighted by Gasteiger charge is -2.22. The molecule has 1 unspecified atom stereocenters. The standard InChI is InChI=1S/C20H19NO4/c1-2-25-20(24)13-7-9-16(10-8-13)21-19(23)15-11-14-5-3-4-6-17(14)18(22)12-15/h3-10,15H,2,11-12H2,1H3,(H,21,23). The molecular weight excluding hydrogens is 318 g/mol. The number of carbonyl (C=O) groups is 3. The average Bonchev–Trinajstić information content (AvgIpc) is 2.62. The molecule has 3 rings (SSSR count). The van der Waals surface area contributed by atoms with Crippen molar-refractivity contribution in [2.75, 3.05) is 11.9 Å². The number of anilines is 1. The number of hydrogen-bond acceptors (Lipinski definition) is 4. The maximum absolute atomic E-state index is 12.5. The van der Waals surface area contributed by atoms with E-state index in [1.165, 1.54) is 0 Å². The Kier molecular flexibility index (Phi) is 4.93. The van der Waals surface area contributed by atoms with E-state index in [0.29, 0.717) is 29.8 Å². The van der Waals surface area contributed by atoms with Crippen molar-refractivity contribution < 1.29 is 19.1 Å². The van der Waals surface area contributed by atoms with Crippen LogP contribution in [0.4, 0.5) is 5.69 Å². The Morgan fingerprint density at radius 3 is 2.52 bits per heavy atom. The van der Waals surface area contributed by atoms with E-state index in [0.717, 1.165) is 5.56 Å². The molecule has 1 amide bonds. The number of fused-ring (bicyclic) bond motifs is 1. The molecule has 0 aliphatic heterocycles. The molecule has 25 heavy (non-hydrogen) atoms. The third-order valence-electron chi connectivity index (χ3n) is 4.25. The molecule has 2 aromatic carbocycles. The van der Waals surface area contributed by atoms with Crippen molar-refractivity contribution in [1.82, 2.24) is 0 Å². The summed E-state index contributed by atoms with van der Waals surface area (Å²) in [6, 6.07) is 13.9. The molecule has 1 N–H and O–H groups in total. The molecule has 128 valence electrons. The normalized spacial score (nSPS) is 16.0. The molecule has 1 atom stereocenters. The highest BCUT2D eigenvalue weighted by molar-refractivity contribution is 6.04. The van der Waals surface area contributed by atoms with E-state index in [1.807, 2.05) is 18.2 Å². The largest absolute Gasteiger partial charge is 0.462 e. The molecular formula is C20H19NO4. The summed E-state index contributed by atoms with van der Waals surface area (Å²) in [7, 11) is 0. The van der Waals surface area contributed by atoms with Crippen molar-refractivity contribution in [3.05, 3.63) is 65.2 Å². The lowest BCUT2D eigenvalue weighted by molar-refractivity contribution is -0.119. The maximum atomic E-state index is 12.5. The van der Waals surface area contributed by atoms with Crippen LogP contribution in [0.3, 0.4) is 0 Å². The highest BCUT2D eigenvalue weighted by atomic mass is 16.5. The SMILES string of the molecule is CCOC(=O)c1ccc(NC(=O)C2CC(=O)c3ccccc3C2)cc1. The average molecular weight is 337 g/mol. The minimum absolute atomic E-state index is 0.000316. The van der Waals surface area contributed by atoms with E-state index in [2.05, 4.69) is 5.32 Å². The number of nitrogens with one attached hydrogen (secondary N) is 1. The highest BCUT2D eigenvalue weighted by Gasteiger charge is 2.29. The number of esters is 1. The minimum atomic E-state index is -0.394. The Morgan fingerprint density at radius 1 is 1.08 bits per heavy atom. The quantitative estimate of drug-likeness (QED) is 0.869. The van der Waals surface area contributed by atoms with Gasteiger partial charge in [-0.1, -0.05) is 24.3 Å². The van der Waals surface area contributed by atoms with E-state index in [-0.39, 0.29) is 24.0 Å². The van der Waals surface area contributed by atoms with Gasteiger partial charge >= 0.3 is 5.97 Å². The zero-order valence-corrected chi connectivity index (χ0v) is 14.0. The third kappa shape index (κ3) is 3.76. The zero-order valence-electron chi connectivity index (χ0n) is 14.0. The van der Waals surface area contributed by atoms with Crippen molar-refractivity contribution in [2.45, 2.75) is 19.8 Å². The molecule has 0 heterocycles. The van der Waals surface area contributed by atoms with Crippen LogP contribution < -0.4 is 5.32 Å². The number of ketones is 1. The van der Waals surface area contributed by atoms with Gasteiger partial charge in [0.05, 0.1) is 12.2 Å². The number of amides is 1. The van der Waals surface area contributed by atoms with Crippen molar-refractivity contribution in [1.29, 1.82) is 0 Å². The topological polar surface area (TPSA) is 72.5 Å². The molecule has 5 nitrogen and oxygen atoms in total. The lowest BCUT2D eigenvalue weighted by atomic mass is 9.82. The number of hydrogen-bond donors (Lipinski definition) is 1. The summed E-state index contributed by atoms with van der Waals surface area (Å²) < 4.78 is 4.93. The Bertz CT molecular complexity index is 811. The van der Waals surface area contributed by atoms with Crippen LogP contribution in [0.1, 0.15) is 39.6 Å². The molecule has 0 bridgehead atoms. The van der Waals surface area contributed by atoms with Crippen LogP contribution in [0.15, 0.2) is 48.5 Å². The molecule has 1 aliphatic rings. The van der Waals surface area contributed by atoms with Crippen LogP contribution in [0, 0.1) is 5.92 Å². The van der Waals surface area contributed by atoms with E-state index >= 15 is 0 Å². The van der Waals surface area contributed by atoms with Crippen LogP contribution in [0.2, 0.25) is 0 Å². The van der Waals surface area contributed by atoms with Crippen LogP contribution in [-0.4, -0.2) is 24.3 Å². The summed E-state index contributed by atoms with van der Waals surface area (Å²) in [5.74, 6) is -0.964. The maximum Gasteiger partial charge on any atom is 0.338 e. The molecule has 0 saturated carbocycles. The van der Waals surface area contributed by atoms with Crippen molar-refractivity contribution in [3.8, 4) is 0 Å². The molecule has 0 aromatic heterocycles. The van der Waals surface area contributed by atoms with Gasteiger partial charge in [-0.25, -0.2) is 4.79 Å². The Balaban J connectivity index is 1.67. The summed E-state index contributed by atoms with van der Waals surface area (Å²) in [6.45, 7) is 2.06. The Labute approximate surface area is 146 Å². The van der Waals surface area contributed by atoms with Crippen LogP contribution in [0.5, 0.6) is 0 Å². The van der Waals surface area contributed by atoms with Crippen LogP contribution in [-0.2, 0) is 16.0 Å². The number of carbonyl (C=O) groups excluding carboxylic acids is 3. The zero-order chi connectivity index (χ0) is 17.8. The van der Waals surface area contributed by atoms with Crippen molar-refractivity contribution >= 4 is 23.3 Å². The van der Waals surface area contributed by atoms with Gasteiger partial charge in [-0.3, -0.25) is 9.59 Å². The van der Waals surface area contributed by atoms with Gasteiger partial charge in [-0.15, -0.1) is 0 Å². The Morgan fingerprint density at radius 2 is 1.80 bits per heavy atom. The fourth-order valence-corrected chi connectivity index (χ4v) is 2.98. The van der Waals surface area contributed by atoms with E-state index in [9.17, 15) is 14.4 Å². The summed E-state index contributed by atoms with van der Waals surface area (Å²) in [6.07, 6.45) is 0.762. The number of ether oxygens (including phenoxy) is 1. The number of rotatable bonds is 4. The van der Waals surface area contributed by atoms with Gasteiger partial charge in [0.15, 0.2) is 5.78 Å². The van der Waals surface area contributed by atoms with Gasteiger partial charge in [-0.2, -0.15) is 0 Å². The van der Waals surface area contributed by atoms with Crippen molar-refractivity contribution in [3.63, 3.8) is 0 Å². The first-order valence-corrected chi connectivity index (χ1v) is 8.27. The second kappa shape index (κ2) is 7.30. The van der Waals surface area contributed by atoms with Gasteiger partial charge in [-0.05, 0) is 43.2 Å². The van der Waals surface area contributed by atoms with Gasteiger partial charge < -0.3 is 10.1 Å². The van der Waals surface area contributed by atoms with E-state index in [1.54, 1.807) is 37.3 Å². The molecule has 1 aliphatic carbocycles. The lowest BCUT2D eigenvalue weighted by Crippen LogP contribution is -2.30. The number of Topliss-reactive ketones (excluding diaryl/α,β-unsaturated/α-hetero) is 1. The van der Waals surface area contributed by atoms with Crippen LogP contribution in [0.25, 0.3) is 0 Å². The molecule has 2 aromatic rings. The molecule has 0 fully saturated rings. The summed E-state index contributed by atoms with van der Waals surface area (Å²) in [5, 5.41) is 2.82. The summed E-state index contributed by atoms with van der Waals surface area (Å²) >= 11 is 0. The van der Waals surface area contributed by atoms with Crippen molar-refractivity contribution in [2.24, 2.45) is 5.92 Å². The molecule has 0 saturated heterocycles. The highest BCUT2D eigenvalue weighted by Crippen LogP contribution is 2.26. The molecule has 0 radical (unpaired) electrons. The van der Waals surface area contributed by atoms with Gasteiger partial charge in [0.1, 0.15) is 0 Å². The van der Waals surface area contributed by atoms with Gasteiger partial charge in [0.2, 0.25) is 5.91 Å². The first-order valence-electron chi connectivity index (χ1n) is 8.27. The first kappa shape index (κ1) is 16.9. The smallest absolute Gasteiger partial charge is 0.338 e. The monoisotopic (exact) mass is 337 g/mol. The summed E-state index contributed by atoms with van der Waals surface area (Å²) in [5.41, 5.74) is 2.65. The first-order chi connectivity index (χ1) is 12.1. The third-order valence-corrected chi connectivity index (χ3v) is 4.25. The fraction of sp³-hybridized carbons (Fsp3) is 0.250. The number of benzene rings is 2. The van der Waals surface area contributed by atoms with Gasteiger partial charge in [0.25, 0.3) is 0 Å². The second-order valence-electron chi connectivity index (χ2n) is 5.97. The fourth-order valence-electron chi connectivity index (χ4n) is 2.98. The molecule has 5 heteroatoms. The summed E-state index contributed by atoms with van der Waals surface area (Å²) in [4.78, 5) is 36.3. The predicted octanol–water partition coefficient (Wildman–Crippen LogP) is 3.25.